The minimum atomic E-state index is 0.159. The molecule has 0 bridgehead atoms. The number of Topliss-reactive ketones (excluding diaryl/α,β-unsaturated/α-hetero) is 1. The molecule has 4 atom stereocenters. The van der Waals surface area contributed by atoms with Crippen LogP contribution in [0.25, 0.3) is 0 Å². The van der Waals surface area contributed by atoms with E-state index in [4.69, 9.17) is 4.74 Å². The second kappa shape index (κ2) is 4.97. The van der Waals surface area contributed by atoms with Gasteiger partial charge in [-0.2, -0.15) is 0 Å². The first kappa shape index (κ1) is 14.0. The number of hydrogen-bond acceptors (Lipinski definition) is 2. The molecule has 1 aromatic carbocycles. The molecule has 0 saturated heterocycles. The van der Waals surface area contributed by atoms with Crippen LogP contribution in [0.5, 0.6) is 5.75 Å². The Morgan fingerprint density at radius 2 is 2.14 bits per heavy atom. The SMILES string of the molecule is COc1ccc2c(c1)CC[C@H]1[C@H]2CC(=O)[C@H]2CC=CC[C@@]21C. The molecule has 1 saturated carbocycles. The molecule has 0 heterocycles. The highest BCUT2D eigenvalue weighted by Gasteiger charge is 2.53. The average Bonchev–Trinajstić information content (AvgIpc) is 2.54. The number of carbonyl (C=O) groups is 1. The lowest BCUT2D eigenvalue weighted by Gasteiger charge is -2.53. The fourth-order valence-electron chi connectivity index (χ4n) is 5.31. The first-order chi connectivity index (χ1) is 10.6. The van der Waals surface area contributed by atoms with Crippen LogP contribution >= 0.6 is 0 Å². The summed E-state index contributed by atoms with van der Waals surface area (Å²) in [5, 5.41) is 0. The van der Waals surface area contributed by atoms with E-state index in [0.29, 0.717) is 17.6 Å². The number of rotatable bonds is 1. The van der Waals surface area contributed by atoms with Gasteiger partial charge in [0.05, 0.1) is 7.11 Å². The second-order valence-electron chi connectivity index (χ2n) is 7.46. The van der Waals surface area contributed by atoms with Crippen LogP contribution in [-0.2, 0) is 11.2 Å². The Bertz CT molecular complexity index is 645. The molecule has 22 heavy (non-hydrogen) atoms. The Hall–Kier alpha value is -1.57. The summed E-state index contributed by atoms with van der Waals surface area (Å²) in [5.41, 5.74) is 2.95. The number of aryl methyl sites for hydroxylation is 1. The molecule has 3 aliphatic carbocycles. The van der Waals surface area contributed by atoms with Crippen LogP contribution in [0.2, 0.25) is 0 Å². The summed E-state index contributed by atoms with van der Waals surface area (Å²) < 4.78 is 5.37. The lowest BCUT2D eigenvalue weighted by Crippen LogP contribution is -2.49. The molecule has 0 unspecified atom stereocenters. The van der Waals surface area contributed by atoms with E-state index in [0.717, 1.165) is 31.4 Å². The summed E-state index contributed by atoms with van der Waals surface area (Å²) >= 11 is 0. The molecular formula is C20H24O2. The van der Waals surface area contributed by atoms with Gasteiger partial charge in [-0.25, -0.2) is 0 Å². The molecule has 0 radical (unpaired) electrons. The minimum Gasteiger partial charge on any atom is -0.497 e. The van der Waals surface area contributed by atoms with Gasteiger partial charge in [-0.1, -0.05) is 25.1 Å². The number of carbonyl (C=O) groups excluding carboxylic acids is 1. The van der Waals surface area contributed by atoms with Gasteiger partial charge in [-0.05, 0) is 66.2 Å². The number of ether oxygens (including phenoxy) is 1. The maximum atomic E-state index is 12.8. The van der Waals surface area contributed by atoms with E-state index in [1.54, 1.807) is 7.11 Å². The minimum absolute atomic E-state index is 0.159. The van der Waals surface area contributed by atoms with Gasteiger partial charge >= 0.3 is 0 Å². The van der Waals surface area contributed by atoms with E-state index >= 15 is 0 Å². The molecular weight excluding hydrogens is 272 g/mol. The van der Waals surface area contributed by atoms with Gasteiger partial charge in [0.25, 0.3) is 0 Å². The van der Waals surface area contributed by atoms with Crippen molar-refractivity contribution in [2.24, 2.45) is 17.3 Å². The predicted molar refractivity (Wildman–Crippen MR) is 87.1 cm³/mol. The van der Waals surface area contributed by atoms with Crippen molar-refractivity contribution in [3.63, 3.8) is 0 Å². The third-order valence-corrected chi connectivity index (χ3v) is 6.51. The van der Waals surface area contributed by atoms with Gasteiger partial charge in [0.2, 0.25) is 0 Å². The number of methoxy groups -OCH3 is 1. The largest absolute Gasteiger partial charge is 0.497 e. The van der Waals surface area contributed by atoms with Crippen LogP contribution in [-0.4, -0.2) is 12.9 Å². The van der Waals surface area contributed by atoms with Gasteiger partial charge in [-0.15, -0.1) is 0 Å². The van der Waals surface area contributed by atoms with Crippen LogP contribution in [0.15, 0.2) is 30.4 Å². The molecule has 2 heteroatoms. The zero-order valence-electron chi connectivity index (χ0n) is 13.5. The Balaban J connectivity index is 1.76. The Morgan fingerprint density at radius 1 is 1.27 bits per heavy atom. The zero-order chi connectivity index (χ0) is 15.3. The van der Waals surface area contributed by atoms with Gasteiger partial charge in [-0.3, -0.25) is 4.79 Å². The molecule has 0 N–H and O–H groups in total. The quantitative estimate of drug-likeness (QED) is 0.723. The number of fused-ring (bicyclic) bond motifs is 5. The van der Waals surface area contributed by atoms with E-state index in [1.165, 1.54) is 17.5 Å². The van der Waals surface area contributed by atoms with Crippen molar-refractivity contribution in [1.82, 2.24) is 0 Å². The Morgan fingerprint density at radius 3 is 2.95 bits per heavy atom. The normalized spacial score (nSPS) is 36.3. The molecule has 0 aliphatic heterocycles. The highest BCUT2D eigenvalue weighted by Crippen LogP contribution is 2.58. The lowest BCUT2D eigenvalue weighted by molar-refractivity contribution is -0.135. The first-order valence-electron chi connectivity index (χ1n) is 8.48. The van der Waals surface area contributed by atoms with Crippen LogP contribution in [0.4, 0.5) is 0 Å². The van der Waals surface area contributed by atoms with Crippen LogP contribution in [0.1, 0.15) is 49.7 Å². The molecule has 0 spiro atoms. The van der Waals surface area contributed by atoms with Crippen molar-refractivity contribution in [2.75, 3.05) is 7.11 Å². The van der Waals surface area contributed by atoms with E-state index in [1.807, 2.05) is 0 Å². The number of allylic oxidation sites excluding steroid dienone is 2. The highest BCUT2D eigenvalue weighted by molar-refractivity contribution is 5.84. The monoisotopic (exact) mass is 296 g/mol. The summed E-state index contributed by atoms with van der Waals surface area (Å²) in [7, 11) is 1.72. The molecule has 1 aromatic rings. The Kier molecular flexibility index (Phi) is 3.18. The van der Waals surface area contributed by atoms with Crippen molar-refractivity contribution in [2.45, 2.75) is 44.9 Å². The van der Waals surface area contributed by atoms with Crippen LogP contribution in [0.3, 0.4) is 0 Å². The maximum Gasteiger partial charge on any atom is 0.137 e. The fraction of sp³-hybridized carbons (Fsp3) is 0.550. The topological polar surface area (TPSA) is 26.3 Å². The van der Waals surface area contributed by atoms with Crippen molar-refractivity contribution < 1.29 is 9.53 Å². The van der Waals surface area contributed by atoms with Gasteiger partial charge in [0.15, 0.2) is 0 Å². The standard InChI is InChI=1S/C20H24O2/c1-20-10-4-3-5-18(20)19(21)12-16-15-8-7-14(22-2)11-13(15)6-9-17(16)20/h3-4,7-8,11,16-18H,5-6,9-10,12H2,1-2H3/t16-,17-,18+,20+/m0/s1. The summed E-state index contributed by atoms with van der Waals surface area (Å²) in [6.07, 6.45) is 9.59. The van der Waals surface area contributed by atoms with Gasteiger partial charge < -0.3 is 4.74 Å². The molecule has 3 aliphatic rings. The van der Waals surface area contributed by atoms with Gasteiger partial charge in [0.1, 0.15) is 11.5 Å². The van der Waals surface area contributed by atoms with E-state index < -0.39 is 0 Å². The molecule has 0 aromatic heterocycles. The highest BCUT2D eigenvalue weighted by atomic mass is 16.5. The molecule has 1 fully saturated rings. The summed E-state index contributed by atoms with van der Waals surface area (Å²) in [4.78, 5) is 12.8. The number of benzene rings is 1. The van der Waals surface area contributed by atoms with Crippen LogP contribution in [0, 0.1) is 17.3 Å². The third kappa shape index (κ3) is 1.89. The fourth-order valence-corrected chi connectivity index (χ4v) is 5.31. The maximum absolute atomic E-state index is 12.8. The smallest absolute Gasteiger partial charge is 0.137 e. The predicted octanol–water partition coefficient (Wildman–Crippen LogP) is 4.29. The summed E-state index contributed by atoms with van der Waals surface area (Å²) in [6.45, 7) is 2.37. The van der Waals surface area contributed by atoms with Crippen molar-refractivity contribution in [3.05, 3.63) is 41.5 Å². The zero-order valence-corrected chi connectivity index (χ0v) is 13.5. The first-order valence-corrected chi connectivity index (χ1v) is 8.48. The van der Waals surface area contributed by atoms with Gasteiger partial charge in [0, 0.05) is 12.3 Å². The van der Waals surface area contributed by atoms with Crippen molar-refractivity contribution in [1.29, 1.82) is 0 Å². The molecule has 2 nitrogen and oxygen atoms in total. The number of ketones is 1. The average molecular weight is 296 g/mol. The Labute approximate surface area is 132 Å². The molecule has 4 rings (SSSR count). The molecule has 116 valence electrons. The second-order valence-corrected chi connectivity index (χ2v) is 7.46. The van der Waals surface area contributed by atoms with E-state index in [2.05, 4.69) is 37.3 Å². The molecule has 0 amide bonds. The third-order valence-electron chi connectivity index (χ3n) is 6.51. The van der Waals surface area contributed by atoms with Crippen LogP contribution < -0.4 is 4.74 Å². The number of hydrogen-bond donors (Lipinski definition) is 0. The summed E-state index contributed by atoms with van der Waals surface area (Å²) in [5.74, 6) is 2.72. The van der Waals surface area contributed by atoms with E-state index in [-0.39, 0.29) is 11.3 Å². The van der Waals surface area contributed by atoms with Crippen molar-refractivity contribution >= 4 is 5.78 Å². The lowest BCUT2D eigenvalue weighted by atomic mass is 9.50. The van der Waals surface area contributed by atoms with E-state index in [9.17, 15) is 4.79 Å². The summed E-state index contributed by atoms with van der Waals surface area (Å²) in [6, 6.07) is 6.44. The van der Waals surface area contributed by atoms with Crippen molar-refractivity contribution in [3.8, 4) is 5.75 Å².